The Balaban J connectivity index is 2.26. The van der Waals surface area contributed by atoms with E-state index in [1.807, 2.05) is 20.8 Å². The molecule has 3 heteroatoms. The Morgan fingerprint density at radius 1 is 1.54 bits per heavy atom. The SMILES string of the molecule is CC(C)=CC(=O)OCC1(C)COC1. The highest BCUT2D eigenvalue weighted by Gasteiger charge is 2.34. The van der Waals surface area contributed by atoms with Gasteiger partial charge in [-0.15, -0.1) is 0 Å². The Bertz CT molecular complexity index is 222. The summed E-state index contributed by atoms with van der Waals surface area (Å²) in [5.41, 5.74) is 1.01. The molecule has 13 heavy (non-hydrogen) atoms. The molecule has 74 valence electrons. The highest BCUT2D eigenvalue weighted by molar-refractivity contribution is 5.82. The number of esters is 1. The van der Waals surface area contributed by atoms with Gasteiger partial charge in [0.15, 0.2) is 0 Å². The molecule has 0 atom stereocenters. The van der Waals surface area contributed by atoms with Gasteiger partial charge in [0.25, 0.3) is 0 Å². The molecule has 1 rings (SSSR count). The van der Waals surface area contributed by atoms with Crippen LogP contribution in [-0.2, 0) is 14.3 Å². The largest absolute Gasteiger partial charge is 0.462 e. The van der Waals surface area contributed by atoms with E-state index in [2.05, 4.69) is 0 Å². The van der Waals surface area contributed by atoms with Crippen molar-refractivity contribution in [2.45, 2.75) is 20.8 Å². The molecule has 0 aromatic heterocycles. The minimum Gasteiger partial charge on any atom is -0.462 e. The van der Waals surface area contributed by atoms with Crippen LogP contribution in [0.25, 0.3) is 0 Å². The van der Waals surface area contributed by atoms with Crippen LogP contribution in [0, 0.1) is 5.41 Å². The summed E-state index contributed by atoms with van der Waals surface area (Å²) in [4.78, 5) is 11.1. The van der Waals surface area contributed by atoms with E-state index in [0.29, 0.717) is 19.8 Å². The topological polar surface area (TPSA) is 35.5 Å². The number of allylic oxidation sites excluding steroid dienone is 1. The van der Waals surface area contributed by atoms with Crippen LogP contribution in [0.4, 0.5) is 0 Å². The molecule has 0 N–H and O–H groups in total. The Kier molecular flexibility index (Phi) is 3.09. The van der Waals surface area contributed by atoms with Crippen molar-refractivity contribution in [1.29, 1.82) is 0 Å². The first-order valence-electron chi connectivity index (χ1n) is 4.41. The van der Waals surface area contributed by atoms with Gasteiger partial charge < -0.3 is 9.47 Å². The number of rotatable bonds is 3. The van der Waals surface area contributed by atoms with Gasteiger partial charge in [-0.25, -0.2) is 4.79 Å². The maximum Gasteiger partial charge on any atom is 0.330 e. The molecule has 0 amide bonds. The summed E-state index contributed by atoms with van der Waals surface area (Å²) < 4.78 is 10.1. The summed E-state index contributed by atoms with van der Waals surface area (Å²) in [6.07, 6.45) is 1.50. The molecule has 1 saturated heterocycles. The lowest BCUT2D eigenvalue weighted by atomic mass is 9.90. The van der Waals surface area contributed by atoms with Gasteiger partial charge in [0.05, 0.1) is 13.2 Å². The average Bonchev–Trinajstić information content (AvgIpc) is 1.96. The predicted molar refractivity (Wildman–Crippen MR) is 49.3 cm³/mol. The van der Waals surface area contributed by atoms with E-state index in [4.69, 9.17) is 9.47 Å². The van der Waals surface area contributed by atoms with Crippen molar-refractivity contribution in [3.63, 3.8) is 0 Å². The number of carbonyl (C=O) groups excluding carboxylic acids is 1. The fourth-order valence-electron chi connectivity index (χ4n) is 1.06. The third-order valence-corrected chi connectivity index (χ3v) is 1.87. The minimum atomic E-state index is -0.256. The predicted octanol–water partition coefficient (Wildman–Crippen LogP) is 1.53. The third-order valence-electron chi connectivity index (χ3n) is 1.87. The maximum atomic E-state index is 11.1. The number of hydrogen-bond acceptors (Lipinski definition) is 3. The van der Waals surface area contributed by atoms with E-state index in [9.17, 15) is 4.79 Å². The van der Waals surface area contributed by atoms with Crippen molar-refractivity contribution in [2.75, 3.05) is 19.8 Å². The molecule has 0 radical (unpaired) electrons. The van der Waals surface area contributed by atoms with Gasteiger partial charge in [0, 0.05) is 11.5 Å². The Morgan fingerprint density at radius 3 is 2.54 bits per heavy atom. The van der Waals surface area contributed by atoms with Crippen molar-refractivity contribution in [3.8, 4) is 0 Å². The number of hydrogen-bond donors (Lipinski definition) is 0. The lowest BCUT2D eigenvalue weighted by Crippen LogP contribution is -2.43. The summed E-state index contributed by atoms with van der Waals surface area (Å²) in [7, 11) is 0. The van der Waals surface area contributed by atoms with Crippen LogP contribution in [-0.4, -0.2) is 25.8 Å². The second-order valence-electron chi connectivity index (χ2n) is 4.13. The lowest BCUT2D eigenvalue weighted by Gasteiger charge is -2.36. The monoisotopic (exact) mass is 184 g/mol. The number of ether oxygens (including phenoxy) is 2. The zero-order valence-corrected chi connectivity index (χ0v) is 8.42. The van der Waals surface area contributed by atoms with Crippen molar-refractivity contribution in [2.24, 2.45) is 5.41 Å². The standard InChI is InChI=1S/C10H16O3/c1-8(2)4-9(11)13-7-10(3)5-12-6-10/h4H,5-7H2,1-3H3. The fraction of sp³-hybridized carbons (Fsp3) is 0.700. The first kappa shape index (κ1) is 10.3. The second kappa shape index (κ2) is 3.92. The molecule has 1 heterocycles. The van der Waals surface area contributed by atoms with Crippen molar-refractivity contribution in [3.05, 3.63) is 11.6 Å². The zero-order valence-electron chi connectivity index (χ0n) is 8.42. The molecule has 0 spiro atoms. The average molecular weight is 184 g/mol. The van der Waals surface area contributed by atoms with Crippen LogP contribution < -0.4 is 0 Å². The van der Waals surface area contributed by atoms with Gasteiger partial charge in [0.2, 0.25) is 0 Å². The van der Waals surface area contributed by atoms with Crippen LogP contribution in [0.1, 0.15) is 20.8 Å². The Hall–Kier alpha value is -0.830. The van der Waals surface area contributed by atoms with E-state index in [1.54, 1.807) is 0 Å². The maximum absolute atomic E-state index is 11.1. The van der Waals surface area contributed by atoms with Gasteiger partial charge in [-0.05, 0) is 13.8 Å². The molecule has 3 nitrogen and oxygen atoms in total. The molecule has 0 aliphatic carbocycles. The summed E-state index contributed by atoms with van der Waals surface area (Å²) in [6.45, 7) is 7.62. The zero-order chi connectivity index (χ0) is 9.90. The van der Waals surface area contributed by atoms with E-state index >= 15 is 0 Å². The Labute approximate surface area is 78.7 Å². The molecule has 0 aromatic rings. The number of carbonyl (C=O) groups is 1. The first-order chi connectivity index (χ1) is 6.02. The van der Waals surface area contributed by atoms with Gasteiger partial charge >= 0.3 is 5.97 Å². The van der Waals surface area contributed by atoms with Crippen molar-refractivity contribution >= 4 is 5.97 Å². The molecule has 1 aliphatic heterocycles. The highest BCUT2D eigenvalue weighted by atomic mass is 16.5. The van der Waals surface area contributed by atoms with E-state index in [-0.39, 0.29) is 11.4 Å². The van der Waals surface area contributed by atoms with Crippen molar-refractivity contribution in [1.82, 2.24) is 0 Å². The molecule has 0 saturated carbocycles. The lowest BCUT2D eigenvalue weighted by molar-refractivity contribution is -0.160. The Morgan fingerprint density at radius 2 is 2.15 bits per heavy atom. The molecule has 1 fully saturated rings. The molecule has 0 bridgehead atoms. The molecular formula is C10H16O3. The van der Waals surface area contributed by atoms with Crippen LogP contribution in [0.5, 0.6) is 0 Å². The molecule has 1 aliphatic rings. The van der Waals surface area contributed by atoms with Gasteiger partial charge in [-0.3, -0.25) is 0 Å². The highest BCUT2D eigenvalue weighted by Crippen LogP contribution is 2.26. The normalized spacial score (nSPS) is 18.7. The molecule has 0 unspecified atom stereocenters. The van der Waals surface area contributed by atoms with Gasteiger partial charge in [-0.1, -0.05) is 12.5 Å². The molecular weight excluding hydrogens is 168 g/mol. The third kappa shape index (κ3) is 3.19. The fourth-order valence-corrected chi connectivity index (χ4v) is 1.06. The van der Waals surface area contributed by atoms with Crippen LogP contribution in [0.15, 0.2) is 11.6 Å². The summed E-state index contributed by atoms with van der Waals surface area (Å²) in [5.74, 6) is -0.256. The van der Waals surface area contributed by atoms with Crippen LogP contribution in [0.2, 0.25) is 0 Å². The first-order valence-corrected chi connectivity index (χ1v) is 4.41. The van der Waals surface area contributed by atoms with E-state index < -0.39 is 0 Å². The summed E-state index contributed by atoms with van der Waals surface area (Å²) in [5, 5.41) is 0. The smallest absolute Gasteiger partial charge is 0.330 e. The van der Waals surface area contributed by atoms with Crippen molar-refractivity contribution < 1.29 is 14.3 Å². The second-order valence-corrected chi connectivity index (χ2v) is 4.13. The summed E-state index contributed by atoms with van der Waals surface area (Å²) >= 11 is 0. The van der Waals surface area contributed by atoms with Gasteiger partial charge in [-0.2, -0.15) is 0 Å². The van der Waals surface area contributed by atoms with Crippen LogP contribution in [0.3, 0.4) is 0 Å². The van der Waals surface area contributed by atoms with E-state index in [0.717, 1.165) is 5.57 Å². The van der Waals surface area contributed by atoms with Crippen LogP contribution >= 0.6 is 0 Å². The van der Waals surface area contributed by atoms with E-state index in [1.165, 1.54) is 6.08 Å². The minimum absolute atomic E-state index is 0.0468. The van der Waals surface area contributed by atoms with Gasteiger partial charge in [0.1, 0.15) is 6.61 Å². The molecule has 0 aromatic carbocycles. The quantitative estimate of drug-likeness (QED) is 0.493. The summed E-state index contributed by atoms with van der Waals surface area (Å²) in [6, 6.07) is 0.